The minimum Gasteiger partial charge on any atom is -0.369 e. The molecular formula is C43H53N11O5S. The van der Waals surface area contributed by atoms with Crippen LogP contribution in [-0.4, -0.2) is 105 Å². The lowest BCUT2D eigenvalue weighted by Crippen LogP contribution is -2.49. The summed E-state index contributed by atoms with van der Waals surface area (Å²) in [4.78, 5) is 76.5. The number of pyridine rings is 1. The van der Waals surface area contributed by atoms with Crippen molar-refractivity contribution >= 4 is 74.5 Å². The summed E-state index contributed by atoms with van der Waals surface area (Å²) in [5.41, 5.74) is 4.49. The van der Waals surface area contributed by atoms with Crippen LogP contribution in [0.5, 0.6) is 0 Å². The SMILES string of the molecule is CC(=O)C1=C(C)c2cnc(Nc3ccc(N4CCN(CC(=O)NCCCCC(=O)Nc5ccccc5C(=O)Nc5nc(C)c(C)s5)CC4)cn3)nc2N(C2CCCC2)C1O. The zero-order valence-corrected chi connectivity index (χ0v) is 35.4. The number of carbonyl (C=O) groups excluding carboxylic acids is 4. The van der Waals surface area contributed by atoms with E-state index < -0.39 is 6.23 Å². The van der Waals surface area contributed by atoms with Gasteiger partial charge in [-0.05, 0) is 83.2 Å². The number of para-hydroxylation sites is 1. The molecule has 1 saturated heterocycles. The van der Waals surface area contributed by atoms with Crippen LogP contribution in [0.2, 0.25) is 0 Å². The van der Waals surface area contributed by atoms with Gasteiger partial charge in [-0.15, -0.1) is 11.3 Å². The highest BCUT2D eigenvalue weighted by Gasteiger charge is 2.39. The van der Waals surface area contributed by atoms with Crippen LogP contribution in [0.3, 0.4) is 0 Å². The maximum absolute atomic E-state index is 12.9. The zero-order valence-electron chi connectivity index (χ0n) is 34.6. The molecule has 2 aliphatic heterocycles. The molecule has 1 aliphatic carbocycles. The van der Waals surface area contributed by atoms with Crippen molar-refractivity contribution in [1.29, 1.82) is 0 Å². The molecule has 60 heavy (non-hydrogen) atoms. The number of amides is 3. The van der Waals surface area contributed by atoms with Gasteiger partial charge in [-0.25, -0.2) is 15.0 Å². The Morgan fingerprint density at radius 2 is 1.65 bits per heavy atom. The number of benzene rings is 1. The summed E-state index contributed by atoms with van der Waals surface area (Å²) in [6, 6.07) is 10.9. The topological polar surface area (TPSA) is 198 Å². The van der Waals surface area contributed by atoms with Crippen molar-refractivity contribution in [2.75, 3.05) is 65.0 Å². The Morgan fingerprint density at radius 1 is 0.883 bits per heavy atom. The molecule has 1 saturated carbocycles. The number of aryl methyl sites for hydroxylation is 2. The molecule has 0 radical (unpaired) electrons. The molecule has 0 bridgehead atoms. The first kappa shape index (κ1) is 42.3. The van der Waals surface area contributed by atoms with E-state index in [0.717, 1.165) is 73.7 Å². The highest BCUT2D eigenvalue weighted by atomic mass is 32.1. The van der Waals surface area contributed by atoms with Crippen molar-refractivity contribution in [3.05, 3.63) is 76.1 Å². The zero-order chi connectivity index (χ0) is 42.3. The molecule has 5 N–H and O–H groups in total. The normalized spacial score (nSPS) is 17.1. The van der Waals surface area contributed by atoms with Crippen LogP contribution in [-0.2, 0) is 14.4 Å². The first-order chi connectivity index (χ1) is 28.9. The lowest BCUT2D eigenvalue weighted by Gasteiger charge is -2.40. The van der Waals surface area contributed by atoms with E-state index in [1.165, 1.54) is 18.3 Å². The third-order valence-electron chi connectivity index (χ3n) is 11.4. The number of piperazine rings is 1. The molecule has 17 heteroatoms. The largest absolute Gasteiger partial charge is 0.369 e. The molecule has 3 aromatic heterocycles. The van der Waals surface area contributed by atoms with Crippen LogP contribution in [0, 0.1) is 13.8 Å². The highest BCUT2D eigenvalue weighted by Crippen LogP contribution is 2.41. The third kappa shape index (κ3) is 9.97. The maximum atomic E-state index is 12.9. The molecule has 3 amide bonds. The Labute approximate surface area is 353 Å². The van der Waals surface area contributed by atoms with E-state index in [1.54, 1.807) is 30.5 Å². The van der Waals surface area contributed by atoms with E-state index in [1.807, 2.05) is 44.0 Å². The van der Waals surface area contributed by atoms with Crippen molar-refractivity contribution in [2.45, 2.75) is 84.9 Å². The average molecular weight is 836 g/mol. The van der Waals surface area contributed by atoms with Gasteiger partial charge >= 0.3 is 0 Å². The van der Waals surface area contributed by atoms with Crippen LogP contribution in [0.1, 0.15) is 85.3 Å². The Kier molecular flexibility index (Phi) is 13.5. The van der Waals surface area contributed by atoms with E-state index in [2.05, 4.69) is 46.0 Å². The average Bonchev–Trinajstić information content (AvgIpc) is 3.87. The summed E-state index contributed by atoms with van der Waals surface area (Å²) >= 11 is 1.41. The van der Waals surface area contributed by atoms with Crippen LogP contribution < -0.4 is 31.1 Å². The lowest BCUT2D eigenvalue weighted by atomic mass is 9.93. The highest BCUT2D eigenvalue weighted by molar-refractivity contribution is 7.15. The molecule has 0 spiro atoms. The molecule has 1 aromatic carbocycles. The van der Waals surface area contributed by atoms with Gasteiger partial charge in [-0.2, -0.15) is 4.98 Å². The van der Waals surface area contributed by atoms with Gasteiger partial charge in [0.25, 0.3) is 5.91 Å². The Balaban J connectivity index is 0.820. The fraction of sp³-hybridized carbons (Fsp3) is 0.442. The fourth-order valence-corrected chi connectivity index (χ4v) is 8.82. The number of allylic oxidation sites excluding steroid dienone is 1. The van der Waals surface area contributed by atoms with Gasteiger partial charge in [0.1, 0.15) is 11.6 Å². The van der Waals surface area contributed by atoms with Gasteiger partial charge in [-0.1, -0.05) is 25.0 Å². The van der Waals surface area contributed by atoms with Crippen molar-refractivity contribution in [2.24, 2.45) is 0 Å². The number of unbranched alkanes of at least 4 members (excludes halogenated alkanes) is 1. The standard InChI is InChI=1S/C43H53N11O5S/c1-26-33-24-46-42(50-39(33)54(30-11-5-6-12-30)41(59)38(26)28(3)55)49-35-17-16-31(23-45-35)53-21-19-52(20-22-53)25-37(57)44-18-10-9-15-36(56)48-34-14-8-7-13-32(34)40(58)51-43-47-27(2)29(4)60-43/h7-8,13-14,16-17,23-24,30,41,59H,5-6,9-12,15,18-22,25H2,1-4H3,(H,44,57)(H,48,56)(H,47,51,58)(H,45,46,49,50). The van der Waals surface area contributed by atoms with Crippen LogP contribution in [0.15, 0.2) is 54.4 Å². The van der Waals surface area contributed by atoms with Gasteiger partial charge < -0.3 is 30.9 Å². The number of carbonyl (C=O) groups is 4. The first-order valence-corrected chi connectivity index (χ1v) is 21.4. The van der Waals surface area contributed by atoms with Crippen molar-refractivity contribution in [3.8, 4) is 0 Å². The molecular weight excluding hydrogens is 783 g/mol. The van der Waals surface area contributed by atoms with E-state index in [4.69, 9.17) is 4.98 Å². The number of fused-ring (bicyclic) bond motifs is 1. The molecule has 4 aromatic rings. The van der Waals surface area contributed by atoms with Crippen LogP contribution >= 0.6 is 11.3 Å². The van der Waals surface area contributed by atoms with E-state index in [-0.39, 0.29) is 36.0 Å². The number of aliphatic hydroxyl groups is 1. The van der Waals surface area contributed by atoms with E-state index in [0.29, 0.717) is 71.0 Å². The summed E-state index contributed by atoms with van der Waals surface area (Å²) < 4.78 is 0. The number of anilines is 6. The number of aromatic nitrogens is 4. The Hall–Kier alpha value is -5.78. The monoisotopic (exact) mass is 835 g/mol. The summed E-state index contributed by atoms with van der Waals surface area (Å²) in [6.45, 7) is 10.9. The van der Waals surface area contributed by atoms with Gasteiger partial charge in [0.15, 0.2) is 17.1 Å². The Bertz CT molecular complexity index is 2230. The summed E-state index contributed by atoms with van der Waals surface area (Å²) in [5.74, 6) is 0.824. The second-order valence-corrected chi connectivity index (χ2v) is 16.8. The van der Waals surface area contributed by atoms with Crippen LogP contribution in [0.4, 0.5) is 34.1 Å². The number of ketones is 1. The smallest absolute Gasteiger partial charge is 0.259 e. The first-order valence-electron chi connectivity index (χ1n) is 20.6. The summed E-state index contributed by atoms with van der Waals surface area (Å²) in [6.07, 6.45) is 7.97. The molecule has 1 atom stereocenters. The second kappa shape index (κ2) is 19.1. The van der Waals surface area contributed by atoms with Gasteiger partial charge in [0, 0.05) is 67.4 Å². The second-order valence-electron chi connectivity index (χ2n) is 15.6. The summed E-state index contributed by atoms with van der Waals surface area (Å²) in [7, 11) is 0. The number of nitrogens with zero attached hydrogens (tertiary/aromatic N) is 7. The molecule has 316 valence electrons. The van der Waals surface area contributed by atoms with Crippen molar-refractivity contribution < 1.29 is 24.3 Å². The summed E-state index contributed by atoms with van der Waals surface area (Å²) in [5, 5.41) is 23.7. The van der Waals surface area contributed by atoms with E-state index in [9.17, 15) is 24.3 Å². The third-order valence-corrected chi connectivity index (χ3v) is 12.4. The number of aliphatic hydroxyl groups excluding tert-OH is 1. The molecule has 5 heterocycles. The number of hydrogen-bond acceptors (Lipinski definition) is 14. The minimum atomic E-state index is -1.05. The molecule has 2 fully saturated rings. The van der Waals surface area contributed by atoms with Crippen molar-refractivity contribution in [1.82, 2.24) is 30.2 Å². The quantitative estimate of drug-likeness (QED) is 0.0952. The number of nitrogens with one attached hydrogen (secondary N) is 4. The van der Waals surface area contributed by atoms with Gasteiger partial charge in [0.05, 0.1) is 35.4 Å². The Morgan fingerprint density at radius 3 is 2.35 bits per heavy atom. The number of rotatable bonds is 15. The number of hydrogen-bond donors (Lipinski definition) is 5. The minimum absolute atomic E-state index is 0.0497. The molecule has 7 rings (SSSR count). The van der Waals surface area contributed by atoms with Crippen molar-refractivity contribution in [3.63, 3.8) is 0 Å². The predicted molar refractivity (Wildman–Crippen MR) is 234 cm³/mol. The van der Waals surface area contributed by atoms with Crippen LogP contribution in [0.25, 0.3) is 5.57 Å². The maximum Gasteiger partial charge on any atom is 0.259 e. The number of thiazole rings is 1. The van der Waals surface area contributed by atoms with Gasteiger partial charge in [-0.3, -0.25) is 29.4 Å². The molecule has 16 nitrogen and oxygen atoms in total. The van der Waals surface area contributed by atoms with E-state index >= 15 is 0 Å². The molecule has 3 aliphatic rings. The number of Topliss-reactive ketones (excluding diaryl/α,β-unsaturated/α-hetero) is 1. The molecule has 1 unspecified atom stereocenters. The van der Waals surface area contributed by atoms with Gasteiger partial charge in [0.2, 0.25) is 17.8 Å². The lowest BCUT2D eigenvalue weighted by molar-refractivity contribution is -0.122. The predicted octanol–water partition coefficient (Wildman–Crippen LogP) is 5.43. The fourth-order valence-electron chi connectivity index (χ4n) is 8.01.